The third-order valence-corrected chi connectivity index (χ3v) is 7.34. The summed E-state index contributed by atoms with van der Waals surface area (Å²) in [6, 6.07) is 16.8. The lowest BCUT2D eigenvalue weighted by Gasteiger charge is -2.14. The molecule has 3 aromatic rings. The second kappa shape index (κ2) is 12.7. The number of rotatable bonds is 9. The van der Waals surface area contributed by atoms with Gasteiger partial charge in [0.15, 0.2) is 11.5 Å². The summed E-state index contributed by atoms with van der Waals surface area (Å²) in [4.78, 5) is 39.5. The Hall–Kier alpha value is -2.98. The highest BCUT2D eigenvalue weighted by Gasteiger charge is 2.35. The molecule has 0 aromatic heterocycles. The van der Waals surface area contributed by atoms with Crippen molar-refractivity contribution in [2.24, 2.45) is 0 Å². The Morgan fingerprint density at radius 2 is 1.71 bits per heavy atom. The standard InChI is InChI=1S/C27H20BrCl2NO6S/c1-2-35-22-14-16(13-18(28)24(22)37-26(33)17-7-3-4-8-19(17)29)15-23-25(32)31(27(34)38-23)11-12-36-21-10-6-5-9-20(21)30/h3-10,13-15H,2,11-12H2,1H3/b23-15-. The van der Waals surface area contributed by atoms with Crippen LogP contribution in [0.1, 0.15) is 22.8 Å². The summed E-state index contributed by atoms with van der Waals surface area (Å²) in [6.45, 7) is 2.25. The Labute approximate surface area is 241 Å². The molecule has 4 rings (SSSR count). The second-order valence-corrected chi connectivity index (χ2v) is 10.4. The number of imide groups is 1. The molecule has 11 heteroatoms. The molecule has 0 aliphatic carbocycles. The molecule has 0 atom stereocenters. The van der Waals surface area contributed by atoms with Gasteiger partial charge in [0.1, 0.15) is 12.4 Å². The topological polar surface area (TPSA) is 82.1 Å². The average molecular weight is 637 g/mol. The Morgan fingerprint density at radius 1 is 1.00 bits per heavy atom. The lowest BCUT2D eigenvalue weighted by molar-refractivity contribution is -0.123. The Balaban J connectivity index is 1.50. The lowest BCUT2D eigenvalue weighted by Crippen LogP contribution is -2.32. The molecule has 0 radical (unpaired) electrons. The number of amides is 2. The highest BCUT2D eigenvalue weighted by molar-refractivity contribution is 9.10. The van der Waals surface area contributed by atoms with Gasteiger partial charge in [-0.2, -0.15) is 0 Å². The van der Waals surface area contributed by atoms with Crippen LogP contribution in [0.25, 0.3) is 6.08 Å². The molecule has 0 N–H and O–H groups in total. The first-order chi connectivity index (χ1) is 18.3. The number of nitrogens with zero attached hydrogens (tertiary/aromatic N) is 1. The van der Waals surface area contributed by atoms with Crippen molar-refractivity contribution in [3.8, 4) is 17.2 Å². The maximum Gasteiger partial charge on any atom is 0.345 e. The van der Waals surface area contributed by atoms with Crippen LogP contribution in [-0.2, 0) is 4.79 Å². The summed E-state index contributed by atoms with van der Waals surface area (Å²) < 4.78 is 17.3. The zero-order valence-corrected chi connectivity index (χ0v) is 23.8. The third kappa shape index (κ3) is 6.53. The predicted octanol–water partition coefficient (Wildman–Crippen LogP) is 7.49. The van der Waals surface area contributed by atoms with Gasteiger partial charge in [0, 0.05) is 0 Å². The van der Waals surface area contributed by atoms with E-state index in [1.54, 1.807) is 73.7 Å². The molecular weight excluding hydrogens is 617 g/mol. The molecule has 38 heavy (non-hydrogen) atoms. The van der Waals surface area contributed by atoms with Gasteiger partial charge in [-0.3, -0.25) is 14.5 Å². The van der Waals surface area contributed by atoms with E-state index in [0.717, 1.165) is 16.7 Å². The summed E-state index contributed by atoms with van der Waals surface area (Å²) in [7, 11) is 0. The number of esters is 1. The molecule has 0 saturated carbocycles. The average Bonchev–Trinajstić information content (AvgIpc) is 3.14. The SMILES string of the molecule is CCOc1cc(/C=C2\SC(=O)N(CCOc3ccccc3Cl)C2=O)cc(Br)c1OC(=O)c1ccccc1Cl. The summed E-state index contributed by atoms with van der Waals surface area (Å²) >= 11 is 16.5. The highest BCUT2D eigenvalue weighted by Crippen LogP contribution is 2.40. The maximum absolute atomic E-state index is 12.9. The van der Waals surface area contributed by atoms with Crippen LogP contribution in [0.15, 0.2) is 70.0 Å². The number of halogens is 3. The molecule has 2 amide bonds. The number of para-hydroxylation sites is 1. The number of ether oxygens (including phenoxy) is 3. The molecule has 0 unspecified atom stereocenters. The summed E-state index contributed by atoms with van der Waals surface area (Å²) in [6.07, 6.45) is 1.58. The van der Waals surface area contributed by atoms with Crippen LogP contribution < -0.4 is 14.2 Å². The zero-order chi connectivity index (χ0) is 27.2. The lowest BCUT2D eigenvalue weighted by atomic mass is 10.1. The van der Waals surface area contributed by atoms with Crippen LogP contribution in [0.2, 0.25) is 10.0 Å². The van der Waals surface area contributed by atoms with E-state index in [0.29, 0.717) is 27.4 Å². The minimum atomic E-state index is -0.648. The van der Waals surface area contributed by atoms with E-state index in [4.69, 9.17) is 37.4 Å². The number of carbonyl (C=O) groups excluding carboxylic acids is 3. The van der Waals surface area contributed by atoms with Crippen LogP contribution in [0.5, 0.6) is 17.2 Å². The molecule has 1 aliphatic heterocycles. The van der Waals surface area contributed by atoms with Crippen molar-refractivity contribution in [2.75, 3.05) is 19.8 Å². The molecule has 7 nitrogen and oxygen atoms in total. The van der Waals surface area contributed by atoms with Crippen LogP contribution in [0.4, 0.5) is 4.79 Å². The van der Waals surface area contributed by atoms with Crippen molar-refractivity contribution < 1.29 is 28.6 Å². The molecular formula is C27H20BrCl2NO6S. The van der Waals surface area contributed by atoms with E-state index in [1.807, 2.05) is 0 Å². The summed E-state index contributed by atoms with van der Waals surface area (Å²) in [5.41, 5.74) is 0.774. The van der Waals surface area contributed by atoms with Crippen molar-refractivity contribution in [2.45, 2.75) is 6.92 Å². The monoisotopic (exact) mass is 635 g/mol. The van der Waals surface area contributed by atoms with Crippen molar-refractivity contribution >= 4 is 74.1 Å². The summed E-state index contributed by atoms with van der Waals surface area (Å²) in [5, 5.41) is 0.299. The van der Waals surface area contributed by atoms with Crippen LogP contribution >= 0.6 is 50.9 Å². The van der Waals surface area contributed by atoms with Crippen molar-refractivity contribution in [1.82, 2.24) is 4.90 Å². The van der Waals surface area contributed by atoms with Crippen molar-refractivity contribution in [3.63, 3.8) is 0 Å². The van der Waals surface area contributed by atoms with E-state index in [2.05, 4.69) is 15.9 Å². The van der Waals surface area contributed by atoms with Gasteiger partial charge in [-0.05, 0) is 82.7 Å². The van der Waals surface area contributed by atoms with E-state index in [9.17, 15) is 14.4 Å². The molecule has 1 heterocycles. The number of thioether (sulfide) groups is 1. The Kier molecular flexibility index (Phi) is 9.38. The summed E-state index contributed by atoms with van der Waals surface area (Å²) in [5.74, 6) is -0.170. The minimum Gasteiger partial charge on any atom is -0.490 e. The molecule has 0 spiro atoms. The largest absolute Gasteiger partial charge is 0.490 e. The van der Waals surface area contributed by atoms with Crippen LogP contribution in [-0.4, -0.2) is 41.8 Å². The Morgan fingerprint density at radius 3 is 2.42 bits per heavy atom. The van der Waals surface area contributed by atoms with Gasteiger partial charge in [0.05, 0.1) is 38.1 Å². The number of hydrogen-bond donors (Lipinski definition) is 0. The first kappa shape index (κ1) is 28.0. The van der Waals surface area contributed by atoms with E-state index < -0.39 is 17.1 Å². The van der Waals surface area contributed by atoms with Gasteiger partial charge in [-0.15, -0.1) is 0 Å². The predicted molar refractivity (Wildman–Crippen MR) is 151 cm³/mol. The first-order valence-electron chi connectivity index (χ1n) is 11.3. The van der Waals surface area contributed by atoms with E-state index >= 15 is 0 Å². The van der Waals surface area contributed by atoms with Gasteiger partial charge in [0.25, 0.3) is 11.1 Å². The quantitative estimate of drug-likeness (QED) is 0.137. The zero-order valence-electron chi connectivity index (χ0n) is 19.9. The molecule has 3 aromatic carbocycles. The van der Waals surface area contributed by atoms with Gasteiger partial charge >= 0.3 is 5.97 Å². The molecule has 1 fully saturated rings. The van der Waals surface area contributed by atoms with Crippen molar-refractivity contribution in [3.05, 3.63) is 91.2 Å². The van der Waals surface area contributed by atoms with Gasteiger partial charge in [-0.25, -0.2) is 4.79 Å². The Bertz CT molecular complexity index is 1430. The van der Waals surface area contributed by atoms with Gasteiger partial charge in [0.2, 0.25) is 0 Å². The molecule has 1 aliphatic rings. The molecule has 0 bridgehead atoms. The first-order valence-corrected chi connectivity index (χ1v) is 13.7. The van der Waals surface area contributed by atoms with Crippen molar-refractivity contribution in [1.29, 1.82) is 0 Å². The van der Waals surface area contributed by atoms with Crippen LogP contribution in [0.3, 0.4) is 0 Å². The second-order valence-electron chi connectivity index (χ2n) is 7.74. The highest BCUT2D eigenvalue weighted by atomic mass is 79.9. The fourth-order valence-corrected chi connectivity index (χ4v) is 5.27. The van der Waals surface area contributed by atoms with Crippen LogP contribution in [0, 0.1) is 0 Å². The number of hydrogen-bond acceptors (Lipinski definition) is 7. The van der Waals surface area contributed by atoms with Gasteiger partial charge in [-0.1, -0.05) is 47.5 Å². The van der Waals surface area contributed by atoms with E-state index in [-0.39, 0.29) is 40.1 Å². The maximum atomic E-state index is 12.9. The third-order valence-electron chi connectivity index (χ3n) is 5.20. The fourth-order valence-electron chi connectivity index (χ4n) is 3.46. The normalized spacial score (nSPS) is 14.2. The smallest absolute Gasteiger partial charge is 0.345 e. The number of benzene rings is 3. The molecule has 1 saturated heterocycles. The van der Waals surface area contributed by atoms with E-state index in [1.165, 1.54) is 0 Å². The van der Waals surface area contributed by atoms with Gasteiger partial charge < -0.3 is 14.2 Å². The molecule has 196 valence electrons. The number of carbonyl (C=O) groups is 3. The fraction of sp³-hybridized carbons (Fsp3) is 0.148. The minimum absolute atomic E-state index is 0.0675.